The van der Waals surface area contributed by atoms with Gasteiger partial charge in [-0.2, -0.15) is 8.42 Å². The summed E-state index contributed by atoms with van der Waals surface area (Å²) >= 11 is 0. The molecule has 1 heterocycles. The van der Waals surface area contributed by atoms with Crippen LogP contribution in [0.25, 0.3) is 0 Å². The smallest absolute Gasteiger partial charge is 0.264 e. The van der Waals surface area contributed by atoms with E-state index in [1.165, 1.54) is 18.3 Å². The predicted molar refractivity (Wildman–Crippen MR) is 75.6 cm³/mol. The van der Waals surface area contributed by atoms with Gasteiger partial charge in [-0.15, -0.1) is 0 Å². The van der Waals surface area contributed by atoms with E-state index in [2.05, 4.69) is 9.17 Å². The molecular weight excluding hydrogens is 316 g/mol. The van der Waals surface area contributed by atoms with Crippen LogP contribution >= 0.6 is 0 Å². The molecule has 2 rings (SSSR count). The van der Waals surface area contributed by atoms with Crippen molar-refractivity contribution in [3.8, 4) is 0 Å². The van der Waals surface area contributed by atoms with Gasteiger partial charge in [-0.1, -0.05) is 17.7 Å². The van der Waals surface area contributed by atoms with E-state index in [1.54, 1.807) is 12.1 Å². The van der Waals surface area contributed by atoms with Crippen molar-refractivity contribution in [1.82, 2.24) is 8.96 Å². The van der Waals surface area contributed by atoms with Gasteiger partial charge in [0.25, 0.3) is 20.1 Å². The van der Waals surface area contributed by atoms with Crippen molar-refractivity contribution in [2.24, 2.45) is 0 Å². The van der Waals surface area contributed by atoms with Crippen LogP contribution in [0.15, 0.2) is 41.7 Å². The number of nitrogens with zero attached hydrogens (tertiary/aromatic N) is 2. The van der Waals surface area contributed by atoms with E-state index in [-0.39, 0.29) is 10.6 Å². The summed E-state index contributed by atoms with van der Waals surface area (Å²) in [5.41, 5.74) is 1.06. The van der Waals surface area contributed by atoms with Crippen molar-refractivity contribution in [1.29, 1.82) is 0 Å². The monoisotopic (exact) mass is 330 g/mol. The Morgan fingerprint density at radius 2 is 1.76 bits per heavy atom. The molecule has 0 aliphatic rings. The van der Waals surface area contributed by atoms with E-state index < -0.39 is 26.7 Å². The average Bonchev–Trinajstić information content (AvgIpc) is 2.85. The van der Waals surface area contributed by atoms with Crippen LogP contribution < -0.4 is 0 Å². The molecule has 1 aromatic heterocycles. The molecule has 0 unspecified atom stereocenters. The van der Waals surface area contributed by atoms with Crippen LogP contribution in [0.2, 0.25) is 0 Å². The minimum absolute atomic E-state index is 0.0895. The lowest BCUT2D eigenvalue weighted by Crippen LogP contribution is -2.16. The molecule has 0 atom stereocenters. The molecule has 1 aromatic carbocycles. The summed E-state index contributed by atoms with van der Waals surface area (Å²) in [6.07, 6.45) is 3.25. The lowest BCUT2D eigenvalue weighted by Gasteiger charge is -2.09. The van der Waals surface area contributed by atoms with Gasteiger partial charge >= 0.3 is 0 Å². The third-order valence-electron chi connectivity index (χ3n) is 2.68. The molecule has 0 saturated heterocycles. The maximum Gasteiger partial charge on any atom is 0.269 e. The predicted octanol–water partition coefficient (Wildman–Crippen LogP) is 0.905. The van der Waals surface area contributed by atoms with Gasteiger partial charge in [0.05, 0.1) is 23.0 Å². The number of aromatic nitrogens is 2. The maximum atomic E-state index is 12.5. The summed E-state index contributed by atoms with van der Waals surface area (Å²) in [6.45, 7) is 1.45. The summed E-state index contributed by atoms with van der Waals surface area (Å²) in [6, 6.07) is 6.31. The standard InChI is InChI=1S/C12H14N2O5S2/c1-10-3-5-12(6-4-10)21(17,18)14-9-13-7-11(14)8-19-20(2,15)16/h3-7,9H,8H2,1-2H3. The van der Waals surface area contributed by atoms with E-state index in [0.29, 0.717) is 0 Å². The molecule has 2 aromatic rings. The van der Waals surface area contributed by atoms with Crippen LogP contribution in [0.1, 0.15) is 11.3 Å². The van der Waals surface area contributed by atoms with Gasteiger partial charge in [-0.3, -0.25) is 4.18 Å². The summed E-state index contributed by atoms with van der Waals surface area (Å²) in [7, 11) is -7.50. The van der Waals surface area contributed by atoms with Crippen LogP contribution in [0.4, 0.5) is 0 Å². The Labute approximate surface area is 123 Å². The number of hydrogen-bond acceptors (Lipinski definition) is 6. The van der Waals surface area contributed by atoms with Gasteiger partial charge < -0.3 is 0 Å². The Morgan fingerprint density at radius 3 is 2.33 bits per heavy atom. The summed E-state index contributed by atoms with van der Waals surface area (Å²) in [4.78, 5) is 3.83. The Kier molecular flexibility index (Phi) is 4.17. The normalized spacial score (nSPS) is 12.5. The van der Waals surface area contributed by atoms with Crippen molar-refractivity contribution in [3.63, 3.8) is 0 Å². The molecule has 9 heteroatoms. The highest BCUT2D eigenvalue weighted by molar-refractivity contribution is 7.90. The molecule has 0 spiro atoms. The molecule has 7 nitrogen and oxygen atoms in total. The molecule has 21 heavy (non-hydrogen) atoms. The first kappa shape index (κ1) is 15.7. The lowest BCUT2D eigenvalue weighted by atomic mass is 10.2. The minimum Gasteiger partial charge on any atom is -0.264 e. The second kappa shape index (κ2) is 5.58. The minimum atomic E-state index is -3.83. The van der Waals surface area contributed by atoms with Gasteiger partial charge in [0.1, 0.15) is 12.9 Å². The van der Waals surface area contributed by atoms with E-state index in [4.69, 9.17) is 0 Å². The topological polar surface area (TPSA) is 95.3 Å². The fourth-order valence-corrected chi connectivity index (χ4v) is 3.25. The second-order valence-electron chi connectivity index (χ2n) is 4.47. The van der Waals surface area contributed by atoms with Crippen LogP contribution in [-0.2, 0) is 30.9 Å². The third-order valence-corrected chi connectivity index (χ3v) is 4.94. The van der Waals surface area contributed by atoms with E-state index in [1.807, 2.05) is 6.92 Å². The molecule has 0 bridgehead atoms. The van der Waals surface area contributed by atoms with Crippen molar-refractivity contribution in [2.75, 3.05) is 6.26 Å². The van der Waals surface area contributed by atoms with Crippen LogP contribution in [0, 0.1) is 6.92 Å². The SMILES string of the molecule is Cc1ccc(S(=O)(=O)n2cncc2COS(C)(=O)=O)cc1. The molecule has 114 valence electrons. The van der Waals surface area contributed by atoms with Crippen molar-refractivity contribution >= 4 is 20.1 Å². The third kappa shape index (κ3) is 3.69. The van der Waals surface area contributed by atoms with Crippen LogP contribution in [0.5, 0.6) is 0 Å². The zero-order valence-corrected chi connectivity index (χ0v) is 13.1. The van der Waals surface area contributed by atoms with Gasteiger partial charge in [-0.05, 0) is 19.1 Å². The molecule has 0 N–H and O–H groups in total. The number of hydrogen-bond donors (Lipinski definition) is 0. The molecule has 0 radical (unpaired) electrons. The average molecular weight is 330 g/mol. The van der Waals surface area contributed by atoms with Crippen LogP contribution in [0.3, 0.4) is 0 Å². The largest absolute Gasteiger partial charge is 0.269 e. The van der Waals surface area contributed by atoms with Crippen molar-refractivity contribution < 1.29 is 21.0 Å². The summed E-state index contributed by atoms with van der Waals surface area (Å²) < 4.78 is 52.4. The van der Waals surface area contributed by atoms with Gasteiger partial charge in [-0.25, -0.2) is 17.4 Å². The molecule has 0 amide bonds. The maximum absolute atomic E-state index is 12.5. The highest BCUT2D eigenvalue weighted by Gasteiger charge is 2.20. The Morgan fingerprint density at radius 1 is 1.14 bits per heavy atom. The van der Waals surface area contributed by atoms with E-state index >= 15 is 0 Å². The number of benzene rings is 1. The number of imidazole rings is 1. The first-order valence-electron chi connectivity index (χ1n) is 5.88. The molecule has 0 aliphatic heterocycles. The van der Waals surface area contributed by atoms with Crippen LogP contribution in [-0.4, -0.2) is 32.0 Å². The highest BCUT2D eigenvalue weighted by atomic mass is 32.2. The number of aryl methyl sites for hydroxylation is 1. The molecular formula is C12H14N2O5S2. The summed E-state index contributed by atoms with van der Waals surface area (Å²) in [5.74, 6) is 0. The van der Waals surface area contributed by atoms with Gasteiger partial charge in [0.2, 0.25) is 0 Å². The van der Waals surface area contributed by atoms with Gasteiger partial charge in [0.15, 0.2) is 0 Å². The van der Waals surface area contributed by atoms with E-state index in [0.717, 1.165) is 22.1 Å². The Bertz CT molecular complexity index is 836. The van der Waals surface area contributed by atoms with Crippen molar-refractivity contribution in [3.05, 3.63) is 48.0 Å². The summed E-state index contributed by atoms with van der Waals surface area (Å²) in [5, 5.41) is 0. The molecule has 0 aliphatic carbocycles. The van der Waals surface area contributed by atoms with Gasteiger partial charge in [0, 0.05) is 0 Å². The zero-order valence-electron chi connectivity index (χ0n) is 11.4. The fraction of sp³-hybridized carbons (Fsp3) is 0.250. The Hall–Kier alpha value is -1.71. The zero-order chi connectivity index (χ0) is 15.7. The first-order chi connectivity index (χ1) is 9.70. The quantitative estimate of drug-likeness (QED) is 0.756. The molecule has 0 fully saturated rings. The van der Waals surface area contributed by atoms with E-state index in [9.17, 15) is 16.8 Å². The molecule has 0 saturated carbocycles. The fourth-order valence-electron chi connectivity index (χ4n) is 1.62. The Balaban J connectivity index is 2.38. The number of rotatable bonds is 5. The lowest BCUT2D eigenvalue weighted by molar-refractivity contribution is 0.306. The highest BCUT2D eigenvalue weighted by Crippen LogP contribution is 2.17. The van der Waals surface area contributed by atoms with Crippen molar-refractivity contribution in [2.45, 2.75) is 18.4 Å². The first-order valence-corrected chi connectivity index (χ1v) is 9.14. The second-order valence-corrected chi connectivity index (χ2v) is 7.92.